The van der Waals surface area contributed by atoms with Crippen molar-refractivity contribution in [3.63, 3.8) is 0 Å². The molecule has 0 heterocycles. The smallest absolute Gasteiger partial charge is 0.306 e. The van der Waals surface area contributed by atoms with Gasteiger partial charge in [-0.3, -0.25) is 14.4 Å². The molecule has 0 spiro atoms. The molecule has 0 aliphatic carbocycles. The monoisotopic (exact) mass is 913 g/mol. The Kier molecular flexibility index (Phi) is 50.0. The first-order valence-corrected chi connectivity index (χ1v) is 26.6. The van der Waals surface area contributed by atoms with Crippen LogP contribution in [0.3, 0.4) is 0 Å². The molecule has 0 radical (unpaired) electrons. The molecule has 0 amide bonds. The highest BCUT2D eigenvalue weighted by Gasteiger charge is 2.19. The van der Waals surface area contributed by atoms with Crippen molar-refractivity contribution >= 4 is 17.9 Å². The second-order valence-corrected chi connectivity index (χ2v) is 17.1. The van der Waals surface area contributed by atoms with E-state index in [1.807, 2.05) is 0 Å². The molecule has 0 bridgehead atoms. The highest BCUT2D eigenvalue weighted by molar-refractivity contribution is 5.71. The summed E-state index contributed by atoms with van der Waals surface area (Å²) in [6, 6.07) is 0. The van der Waals surface area contributed by atoms with Gasteiger partial charge in [-0.1, -0.05) is 213 Å². The van der Waals surface area contributed by atoms with Crippen LogP contribution < -0.4 is 0 Å². The van der Waals surface area contributed by atoms with Gasteiger partial charge in [-0.15, -0.1) is 0 Å². The van der Waals surface area contributed by atoms with Crippen molar-refractivity contribution in [2.45, 2.75) is 226 Å². The van der Waals surface area contributed by atoms with Gasteiger partial charge < -0.3 is 14.2 Å². The maximum Gasteiger partial charge on any atom is 0.306 e. The molecular weight excluding hydrogens is 817 g/mol. The number of hydrogen-bond donors (Lipinski definition) is 0. The maximum atomic E-state index is 12.8. The fourth-order valence-corrected chi connectivity index (χ4v) is 6.83. The average molecular weight is 913 g/mol. The van der Waals surface area contributed by atoms with E-state index in [1.165, 1.54) is 32.1 Å². The molecule has 6 nitrogen and oxygen atoms in total. The van der Waals surface area contributed by atoms with Gasteiger partial charge in [0, 0.05) is 19.3 Å². The van der Waals surface area contributed by atoms with Crippen LogP contribution in [0.5, 0.6) is 0 Å². The molecule has 0 rings (SSSR count). The number of carbonyl (C=O) groups is 3. The van der Waals surface area contributed by atoms with Gasteiger partial charge in [-0.25, -0.2) is 0 Å². The predicted molar refractivity (Wildman–Crippen MR) is 283 cm³/mol. The number of allylic oxidation sites excluding steroid dienone is 20. The number of hydrogen-bond acceptors (Lipinski definition) is 6. The normalized spacial score (nSPS) is 13.1. The van der Waals surface area contributed by atoms with Gasteiger partial charge in [0.25, 0.3) is 0 Å². The van der Waals surface area contributed by atoms with Gasteiger partial charge in [-0.2, -0.15) is 0 Å². The van der Waals surface area contributed by atoms with Crippen LogP contribution in [-0.4, -0.2) is 37.2 Å². The van der Waals surface area contributed by atoms with E-state index in [-0.39, 0.29) is 31.1 Å². The number of rotatable bonds is 46. The fourth-order valence-electron chi connectivity index (χ4n) is 6.83. The second kappa shape index (κ2) is 53.4. The van der Waals surface area contributed by atoms with E-state index in [0.717, 1.165) is 148 Å². The van der Waals surface area contributed by atoms with Gasteiger partial charge in [0.15, 0.2) is 6.10 Å². The van der Waals surface area contributed by atoms with E-state index < -0.39 is 6.10 Å². The zero-order valence-corrected chi connectivity index (χ0v) is 42.4. The van der Waals surface area contributed by atoms with Crippen molar-refractivity contribution in [2.75, 3.05) is 13.2 Å². The molecule has 0 aromatic heterocycles. The molecule has 0 saturated carbocycles. The van der Waals surface area contributed by atoms with E-state index in [2.05, 4.69) is 142 Å². The summed E-state index contributed by atoms with van der Waals surface area (Å²) in [5.74, 6) is -0.969. The van der Waals surface area contributed by atoms with Gasteiger partial charge in [0.05, 0.1) is 0 Å². The molecule has 0 aliphatic rings. The predicted octanol–water partition coefficient (Wildman–Crippen LogP) is 17.7. The maximum absolute atomic E-state index is 12.8. The summed E-state index contributed by atoms with van der Waals surface area (Å²) in [5, 5.41) is 0. The van der Waals surface area contributed by atoms with Crippen molar-refractivity contribution in [1.29, 1.82) is 0 Å². The third-order valence-electron chi connectivity index (χ3n) is 10.8. The van der Waals surface area contributed by atoms with Crippen LogP contribution in [0.2, 0.25) is 0 Å². The van der Waals surface area contributed by atoms with Crippen LogP contribution in [0.15, 0.2) is 122 Å². The van der Waals surface area contributed by atoms with Crippen LogP contribution in [0.25, 0.3) is 0 Å². The number of ether oxygens (including phenoxy) is 3. The van der Waals surface area contributed by atoms with Crippen LogP contribution in [0, 0.1) is 0 Å². The summed E-state index contributed by atoms with van der Waals surface area (Å²) in [5.41, 5.74) is 0. The summed E-state index contributed by atoms with van der Waals surface area (Å²) >= 11 is 0. The molecule has 0 N–H and O–H groups in total. The highest BCUT2D eigenvalue weighted by Crippen LogP contribution is 2.13. The Balaban J connectivity index is 4.51. The minimum absolute atomic E-state index is 0.107. The molecule has 0 fully saturated rings. The molecular formula is C60H96O6. The van der Waals surface area contributed by atoms with Gasteiger partial charge in [0.2, 0.25) is 0 Å². The lowest BCUT2D eigenvalue weighted by atomic mass is 10.1. The molecule has 0 aromatic carbocycles. The van der Waals surface area contributed by atoms with Crippen LogP contribution >= 0.6 is 0 Å². The van der Waals surface area contributed by atoms with Crippen molar-refractivity contribution in [2.24, 2.45) is 0 Å². The largest absolute Gasteiger partial charge is 0.462 e. The van der Waals surface area contributed by atoms with E-state index in [9.17, 15) is 14.4 Å². The minimum atomic E-state index is -0.808. The van der Waals surface area contributed by atoms with Crippen molar-refractivity contribution < 1.29 is 28.6 Å². The molecule has 66 heavy (non-hydrogen) atoms. The van der Waals surface area contributed by atoms with Gasteiger partial charge in [-0.05, 0) is 109 Å². The molecule has 372 valence electrons. The summed E-state index contributed by atoms with van der Waals surface area (Å²) in [4.78, 5) is 38.1. The third kappa shape index (κ3) is 50.8. The molecule has 1 atom stereocenters. The Hall–Kier alpha value is -4.19. The SMILES string of the molecule is CC/C=C\C/C=C\C/C=C\CCCCCCCCC(=O)OC(COC(=O)CCCCCC/C=C\C/C=C\C/C=C\CC)COC(=O)CCCCCCC\C=C/C=C\C=C/C=C\CCCCC. The summed E-state index contributed by atoms with van der Waals surface area (Å²) in [7, 11) is 0. The molecule has 0 aliphatic heterocycles. The van der Waals surface area contributed by atoms with Gasteiger partial charge >= 0.3 is 17.9 Å². The Morgan fingerprint density at radius 2 is 0.652 bits per heavy atom. The zero-order chi connectivity index (χ0) is 47.9. The Morgan fingerprint density at radius 1 is 0.333 bits per heavy atom. The number of esters is 3. The Morgan fingerprint density at radius 3 is 1.06 bits per heavy atom. The number of unbranched alkanes of at least 4 members (excludes halogenated alkanes) is 18. The fraction of sp³-hybridized carbons (Fsp3) is 0.617. The molecule has 0 aromatic rings. The third-order valence-corrected chi connectivity index (χ3v) is 10.8. The zero-order valence-electron chi connectivity index (χ0n) is 42.4. The van der Waals surface area contributed by atoms with E-state index >= 15 is 0 Å². The summed E-state index contributed by atoms with van der Waals surface area (Å²) < 4.78 is 16.8. The number of carbonyl (C=O) groups excluding carboxylic acids is 3. The summed E-state index contributed by atoms with van der Waals surface area (Å²) in [6.45, 7) is 6.31. The van der Waals surface area contributed by atoms with Crippen molar-refractivity contribution in [3.8, 4) is 0 Å². The van der Waals surface area contributed by atoms with Crippen LogP contribution in [0.4, 0.5) is 0 Å². The second-order valence-electron chi connectivity index (χ2n) is 17.1. The Labute approximate surface area is 405 Å². The van der Waals surface area contributed by atoms with Crippen LogP contribution in [0.1, 0.15) is 220 Å². The average Bonchev–Trinajstić information content (AvgIpc) is 3.31. The standard InChI is InChI=1S/C60H96O6/c1-4-7-10-13-16-19-22-25-28-30-31-33-35-38-41-44-47-50-53-59(62)65-56-57(55-64-58(61)52-49-46-43-40-37-34-27-24-21-18-15-12-9-6-3)66-60(63)54-51-48-45-42-39-36-32-29-26-23-20-17-14-11-8-5-2/h8-9,11-12,16-22,25-31,33-34,57H,4-7,10,13-15,23-24,32,35-56H2,1-3H3/b11-8-,12-9-,19-16-,20-17-,21-18-,25-22-,29-26-,30-28-,33-31-,34-27-. The lowest BCUT2D eigenvalue weighted by Gasteiger charge is -2.18. The quantitative estimate of drug-likeness (QED) is 0.0199. The first kappa shape index (κ1) is 61.8. The Bertz CT molecular complexity index is 1420. The van der Waals surface area contributed by atoms with Crippen molar-refractivity contribution in [1.82, 2.24) is 0 Å². The van der Waals surface area contributed by atoms with Crippen LogP contribution in [-0.2, 0) is 28.6 Å². The van der Waals surface area contributed by atoms with E-state index in [4.69, 9.17) is 14.2 Å². The van der Waals surface area contributed by atoms with E-state index in [1.54, 1.807) is 0 Å². The lowest BCUT2D eigenvalue weighted by molar-refractivity contribution is -0.167. The topological polar surface area (TPSA) is 78.9 Å². The first-order chi connectivity index (χ1) is 32.5. The minimum Gasteiger partial charge on any atom is -0.462 e. The first-order valence-electron chi connectivity index (χ1n) is 26.6. The molecule has 0 saturated heterocycles. The van der Waals surface area contributed by atoms with Gasteiger partial charge in [0.1, 0.15) is 13.2 Å². The lowest BCUT2D eigenvalue weighted by Crippen LogP contribution is -2.30. The highest BCUT2D eigenvalue weighted by atomic mass is 16.6. The summed E-state index contributed by atoms with van der Waals surface area (Å²) in [6.07, 6.45) is 73.2. The van der Waals surface area contributed by atoms with Crippen molar-refractivity contribution in [3.05, 3.63) is 122 Å². The molecule has 6 heteroatoms. The molecule has 1 unspecified atom stereocenters. The van der Waals surface area contributed by atoms with E-state index in [0.29, 0.717) is 19.3 Å².